The molecule has 4 heteroatoms. The Balaban J connectivity index is 2.16. The molecule has 0 spiro atoms. The second kappa shape index (κ2) is 4.80. The Bertz CT molecular complexity index is 386. The van der Waals surface area contributed by atoms with Crippen LogP contribution in [0.25, 0.3) is 0 Å². The standard InChI is InChI=1S/C15H26N2O2/c1-10(15(3,4)5)9-17-11(2)13(18)16-8-6-7-12(16)14(17)19/h10-12H,6-9H2,1-5H3. The summed E-state index contributed by atoms with van der Waals surface area (Å²) in [6, 6.07) is -0.484. The molecule has 2 aliphatic rings. The van der Waals surface area contributed by atoms with E-state index in [1.54, 1.807) is 4.90 Å². The van der Waals surface area contributed by atoms with E-state index in [0.29, 0.717) is 12.5 Å². The van der Waals surface area contributed by atoms with Crippen LogP contribution in [-0.2, 0) is 9.59 Å². The molecular formula is C15H26N2O2. The SMILES string of the molecule is CC1C(=O)N2CCCC2C(=O)N1CC(C)C(C)(C)C. The number of piperazine rings is 1. The average molecular weight is 266 g/mol. The molecule has 2 amide bonds. The normalized spacial score (nSPS) is 29.7. The zero-order valence-electron chi connectivity index (χ0n) is 12.8. The molecule has 0 radical (unpaired) electrons. The lowest BCUT2D eigenvalue weighted by molar-refractivity contribution is -0.159. The van der Waals surface area contributed by atoms with Crippen LogP contribution in [0.15, 0.2) is 0 Å². The summed E-state index contributed by atoms with van der Waals surface area (Å²) in [5, 5.41) is 0. The minimum absolute atomic E-state index is 0.128. The number of fused-ring (bicyclic) bond motifs is 1. The van der Waals surface area contributed by atoms with Gasteiger partial charge in [-0.05, 0) is 31.1 Å². The van der Waals surface area contributed by atoms with E-state index in [9.17, 15) is 9.59 Å². The molecule has 0 aromatic carbocycles. The van der Waals surface area contributed by atoms with E-state index >= 15 is 0 Å². The van der Waals surface area contributed by atoms with Crippen molar-refractivity contribution in [1.82, 2.24) is 9.80 Å². The van der Waals surface area contributed by atoms with Crippen molar-refractivity contribution in [2.45, 2.75) is 59.5 Å². The van der Waals surface area contributed by atoms with Crippen molar-refractivity contribution in [3.63, 3.8) is 0 Å². The first kappa shape index (κ1) is 14.4. The molecule has 0 saturated carbocycles. The number of hydrogen-bond acceptors (Lipinski definition) is 2. The lowest BCUT2D eigenvalue weighted by atomic mass is 9.81. The summed E-state index contributed by atoms with van der Waals surface area (Å²) in [7, 11) is 0. The number of amides is 2. The highest BCUT2D eigenvalue weighted by atomic mass is 16.2. The molecule has 108 valence electrons. The van der Waals surface area contributed by atoms with Gasteiger partial charge in [0.05, 0.1) is 0 Å². The van der Waals surface area contributed by atoms with Crippen LogP contribution in [0.4, 0.5) is 0 Å². The summed E-state index contributed by atoms with van der Waals surface area (Å²) < 4.78 is 0. The molecule has 2 rings (SSSR count). The summed E-state index contributed by atoms with van der Waals surface area (Å²) in [5.41, 5.74) is 0.149. The highest BCUT2D eigenvalue weighted by Crippen LogP contribution is 2.31. The van der Waals surface area contributed by atoms with Gasteiger partial charge in [0, 0.05) is 13.1 Å². The molecule has 0 aliphatic carbocycles. The molecule has 2 heterocycles. The van der Waals surface area contributed by atoms with E-state index in [-0.39, 0.29) is 29.3 Å². The highest BCUT2D eigenvalue weighted by Gasteiger charge is 2.46. The molecule has 0 N–H and O–H groups in total. The maximum atomic E-state index is 12.6. The van der Waals surface area contributed by atoms with Gasteiger partial charge in [-0.1, -0.05) is 27.7 Å². The molecule has 2 fully saturated rings. The molecular weight excluding hydrogens is 240 g/mol. The van der Waals surface area contributed by atoms with Gasteiger partial charge in [0.25, 0.3) is 0 Å². The van der Waals surface area contributed by atoms with E-state index in [0.717, 1.165) is 19.4 Å². The van der Waals surface area contributed by atoms with Crippen LogP contribution < -0.4 is 0 Å². The maximum absolute atomic E-state index is 12.6. The number of nitrogens with zero attached hydrogens (tertiary/aromatic N) is 2. The van der Waals surface area contributed by atoms with Gasteiger partial charge in [0.15, 0.2) is 0 Å². The molecule has 2 saturated heterocycles. The van der Waals surface area contributed by atoms with Crippen molar-refractivity contribution in [3.8, 4) is 0 Å². The Kier molecular flexibility index (Phi) is 3.63. The molecule has 0 bridgehead atoms. The summed E-state index contributed by atoms with van der Waals surface area (Å²) >= 11 is 0. The molecule has 0 aromatic heterocycles. The first-order valence-corrected chi connectivity index (χ1v) is 7.34. The zero-order chi connectivity index (χ0) is 14.4. The number of hydrogen-bond donors (Lipinski definition) is 0. The van der Waals surface area contributed by atoms with Crippen LogP contribution in [0.3, 0.4) is 0 Å². The fraction of sp³-hybridized carbons (Fsp3) is 0.867. The van der Waals surface area contributed by atoms with Gasteiger partial charge in [-0.2, -0.15) is 0 Å². The van der Waals surface area contributed by atoms with E-state index < -0.39 is 0 Å². The Labute approximate surface area is 116 Å². The first-order chi connectivity index (χ1) is 8.73. The smallest absolute Gasteiger partial charge is 0.246 e. The lowest BCUT2D eigenvalue weighted by Crippen LogP contribution is -2.62. The number of carbonyl (C=O) groups is 2. The summed E-state index contributed by atoms with van der Waals surface area (Å²) in [6.07, 6.45) is 1.79. The van der Waals surface area contributed by atoms with E-state index in [4.69, 9.17) is 0 Å². The van der Waals surface area contributed by atoms with Crippen molar-refractivity contribution >= 4 is 11.8 Å². The fourth-order valence-corrected chi connectivity index (χ4v) is 2.86. The van der Waals surface area contributed by atoms with Gasteiger partial charge >= 0.3 is 0 Å². The highest BCUT2D eigenvalue weighted by molar-refractivity contribution is 5.97. The average Bonchev–Trinajstić information content (AvgIpc) is 2.79. The van der Waals surface area contributed by atoms with Crippen molar-refractivity contribution < 1.29 is 9.59 Å². The predicted molar refractivity (Wildman–Crippen MR) is 74.5 cm³/mol. The van der Waals surface area contributed by atoms with E-state index in [2.05, 4.69) is 27.7 Å². The van der Waals surface area contributed by atoms with E-state index in [1.165, 1.54) is 0 Å². The van der Waals surface area contributed by atoms with Crippen LogP contribution in [0.5, 0.6) is 0 Å². The largest absolute Gasteiger partial charge is 0.329 e. The van der Waals surface area contributed by atoms with Crippen LogP contribution >= 0.6 is 0 Å². The molecule has 3 atom stereocenters. The number of rotatable bonds is 2. The molecule has 3 unspecified atom stereocenters. The van der Waals surface area contributed by atoms with Gasteiger partial charge in [0.1, 0.15) is 12.1 Å². The summed E-state index contributed by atoms with van der Waals surface area (Å²) in [4.78, 5) is 28.5. The third kappa shape index (κ3) is 2.49. The van der Waals surface area contributed by atoms with Crippen molar-refractivity contribution in [2.75, 3.05) is 13.1 Å². The van der Waals surface area contributed by atoms with Crippen molar-refractivity contribution in [1.29, 1.82) is 0 Å². The minimum Gasteiger partial charge on any atom is -0.329 e. The van der Waals surface area contributed by atoms with E-state index in [1.807, 2.05) is 11.8 Å². The second-order valence-electron chi connectivity index (χ2n) is 7.12. The predicted octanol–water partition coefficient (Wildman–Crippen LogP) is 1.89. The molecule has 19 heavy (non-hydrogen) atoms. The monoisotopic (exact) mass is 266 g/mol. The van der Waals surface area contributed by atoms with Crippen LogP contribution in [0.2, 0.25) is 0 Å². The molecule has 0 aromatic rings. The van der Waals surface area contributed by atoms with Crippen molar-refractivity contribution in [3.05, 3.63) is 0 Å². The minimum atomic E-state index is -0.299. The van der Waals surface area contributed by atoms with Gasteiger partial charge in [-0.25, -0.2) is 0 Å². The second-order valence-corrected chi connectivity index (χ2v) is 7.12. The Morgan fingerprint density at radius 3 is 2.47 bits per heavy atom. The van der Waals surface area contributed by atoms with Crippen LogP contribution in [0.1, 0.15) is 47.5 Å². The summed E-state index contributed by atoms with van der Waals surface area (Å²) in [6.45, 7) is 12.0. The van der Waals surface area contributed by atoms with Crippen LogP contribution in [-0.4, -0.2) is 46.8 Å². The van der Waals surface area contributed by atoms with Gasteiger partial charge in [-0.15, -0.1) is 0 Å². The Morgan fingerprint density at radius 1 is 1.26 bits per heavy atom. The molecule has 4 nitrogen and oxygen atoms in total. The lowest BCUT2D eigenvalue weighted by Gasteiger charge is -2.43. The third-order valence-electron chi connectivity index (χ3n) is 4.88. The quantitative estimate of drug-likeness (QED) is 0.766. The topological polar surface area (TPSA) is 40.6 Å². The Hall–Kier alpha value is -1.06. The number of carbonyl (C=O) groups excluding carboxylic acids is 2. The first-order valence-electron chi connectivity index (χ1n) is 7.34. The van der Waals surface area contributed by atoms with Crippen molar-refractivity contribution in [2.24, 2.45) is 11.3 Å². The third-order valence-corrected chi connectivity index (χ3v) is 4.88. The van der Waals surface area contributed by atoms with Gasteiger partial charge < -0.3 is 9.80 Å². The molecule has 2 aliphatic heterocycles. The van der Waals surface area contributed by atoms with Gasteiger partial charge in [-0.3, -0.25) is 9.59 Å². The fourth-order valence-electron chi connectivity index (χ4n) is 2.86. The Morgan fingerprint density at radius 2 is 1.89 bits per heavy atom. The summed E-state index contributed by atoms with van der Waals surface area (Å²) in [5.74, 6) is 0.656. The van der Waals surface area contributed by atoms with Crippen LogP contribution in [0, 0.1) is 11.3 Å². The van der Waals surface area contributed by atoms with Gasteiger partial charge in [0.2, 0.25) is 11.8 Å². The maximum Gasteiger partial charge on any atom is 0.246 e. The zero-order valence-corrected chi connectivity index (χ0v) is 12.8.